The zero-order chi connectivity index (χ0) is 18.7. The quantitative estimate of drug-likeness (QED) is 0.843. The predicted molar refractivity (Wildman–Crippen MR) is 98.1 cm³/mol. The first-order valence-corrected chi connectivity index (χ1v) is 9.44. The molecule has 1 atom stereocenters. The lowest BCUT2D eigenvalue weighted by Gasteiger charge is -2.34. The maximum atomic E-state index is 12.8. The number of hydrogen-bond acceptors (Lipinski definition) is 3. The Morgan fingerprint density at radius 3 is 2.38 bits per heavy atom. The van der Waals surface area contributed by atoms with Crippen LogP contribution >= 0.6 is 11.6 Å². The lowest BCUT2D eigenvalue weighted by molar-refractivity contribution is -0.144. The number of rotatable bonds is 4. The zero-order valence-electron chi connectivity index (χ0n) is 14.5. The van der Waals surface area contributed by atoms with Gasteiger partial charge in [-0.15, -0.1) is 0 Å². The van der Waals surface area contributed by atoms with Crippen molar-refractivity contribution < 1.29 is 19.5 Å². The molecule has 0 bridgehead atoms. The Morgan fingerprint density at radius 1 is 1.08 bits per heavy atom. The van der Waals surface area contributed by atoms with Crippen molar-refractivity contribution in [1.29, 1.82) is 0 Å². The molecule has 1 saturated heterocycles. The number of nitrogens with one attached hydrogen (secondary N) is 1. The van der Waals surface area contributed by atoms with E-state index in [1.807, 2.05) is 12.1 Å². The third kappa shape index (κ3) is 4.01. The van der Waals surface area contributed by atoms with Gasteiger partial charge in [-0.3, -0.25) is 14.4 Å². The molecule has 2 amide bonds. The van der Waals surface area contributed by atoms with Crippen molar-refractivity contribution in [2.45, 2.75) is 44.6 Å². The van der Waals surface area contributed by atoms with E-state index in [1.54, 1.807) is 17.0 Å². The minimum Gasteiger partial charge on any atom is -0.481 e. The van der Waals surface area contributed by atoms with Crippen molar-refractivity contribution in [2.24, 2.45) is 11.8 Å². The van der Waals surface area contributed by atoms with Crippen molar-refractivity contribution >= 4 is 35.1 Å². The van der Waals surface area contributed by atoms with Crippen LogP contribution in [0.15, 0.2) is 24.3 Å². The van der Waals surface area contributed by atoms with Crippen molar-refractivity contribution in [3.8, 4) is 0 Å². The van der Waals surface area contributed by atoms with Gasteiger partial charge in [0, 0.05) is 12.5 Å². The minimum absolute atomic E-state index is 0.142. The Balaban J connectivity index is 1.61. The second kappa shape index (κ2) is 8.08. The van der Waals surface area contributed by atoms with Crippen LogP contribution < -0.4 is 10.2 Å². The average molecular weight is 379 g/mol. The van der Waals surface area contributed by atoms with Gasteiger partial charge in [0.1, 0.15) is 6.04 Å². The van der Waals surface area contributed by atoms with Crippen LogP contribution in [0.5, 0.6) is 0 Å². The van der Waals surface area contributed by atoms with Gasteiger partial charge in [-0.25, -0.2) is 0 Å². The first kappa shape index (κ1) is 18.7. The Morgan fingerprint density at radius 2 is 1.73 bits per heavy atom. The monoisotopic (exact) mass is 378 g/mol. The number of halogens is 1. The summed E-state index contributed by atoms with van der Waals surface area (Å²) in [5.74, 6) is -1.65. The van der Waals surface area contributed by atoms with Gasteiger partial charge in [0.15, 0.2) is 0 Å². The number of aliphatic carboxylic acids is 1. The van der Waals surface area contributed by atoms with E-state index in [4.69, 9.17) is 16.7 Å². The molecule has 2 N–H and O–H groups in total. The summed E-state index contributed by atoms with van der Waals surface area (Å²) in [5, 5.41) is 12.5. The van der Waals surface area contributed by atoms with Crippen LogP contribution in [0.4, 0.5) is 5.69 Å². The van der Waals surface area contributed by atoms with Crippen molar-refractivity contribution in [1.82, 2.24) is 5.32 Å². The largest absolute Gasteiger partial charge is 0.481 e. The molecule has 0 radical (unpaired) electrons. The van der Waals surface area contributed by atoms with Crippen molar-refractivity contribution in [2.75, 3.05) is 11.4 Å². The highest BCUT2D eigenvalue weighted by molar-refractivity contribution is 6.33. The molecule has 2 aliphatic rings. The number of amides is 2. The molecular weight excluding hydrogens is 356 g/mol. The third-order valence-corrected chi connectivity index (χ3v) is 5.67. The van der Waals surface area contributed by atoms with E-state index in [0.717, 1.165) is 6.42 Å². The van der Waals surface area contributed by atoms with Crippen LogP contribution in [-0.2, 0) is 14.4 Å². The van der Waals surface area contributed by atoms with Gasteiger partial charge in [-0.05, 0) is 50.7 Å². The number of carboxylic acid groups (broad SMARTS) is 1. The fraction of sp³-hybridized carbons (Fsp3) is 0.526. The molecule has 26 heavy (non-hydrogen) atoms. The number of carbonyl (C=O) groups excluding carboxylic acids is 2. The topological polar surface area (TPSA) is 86.7 Å². The first-order valence-electron chi connectivity index (χ1n) is 9.06. The van der Waals surface area contributed by atoms with E-state index < -0.39 is 12.0 Å². The van der Waals surface area contributed by atoms with Crippen LogP contribution in [0.3, 0.4) is 0 Å². The maximum absolute atomic E-state index is 12.8. The maximum Gasteiger partial charge on any atom is 0.306 e. The van der Waals surface area contributed by atoms with E-state index in [2.05, 4.69) is 5.32 Å². The van der Waals surface area contributed by atoms with E-state index >= 15 is 0 Å². The average Bonchev–Trinajstić information content (AvgIpc) is 2.64. The Bertz CT molecular complexity index is 701. The smallest absolute Gasteiger partial charge is 0.306 e. The molecule has 0 aromatic heterocycles. The molecule has 6 nitrogen and oxygen atoms in total. The third-order valence-electron chi connectivity index (χ3n) is 5.35. The molecule has 1 aliphatic carbocycles. The highest BCUT2D eigenvalue weighted by Gasteiger charge is 2.35. The summed E-state index contributed by atoms with van der Waals surface area (Å²) in [6, 6.07) is 6.64. The number of nitrogens with zero attached hydrogens (tertiary/aromatic N) is 1. The Labute approximate surface area is 157 Å². The Hall–Kier alpha value is -2.08. The zero-order valence-corrected chi connectivity index (χ0v) is 15.2. The SMILES string of the molecule is O=C(O)C1CCC(C(=O)NC2CCCN(c3ccccc3Cl)C2=O)CC1. The fourth-order valence-electron chi connectivity index (χ4n) is 3.81. The van der Waals surface area contributed by atoms with E-state index in [9.17, 15) is 14.4 Å². The minimum atomic E-state index is -0.790. The molecule has 3 rings (SSSR count). The summed E-state index contributed by atoms with van der Waals surface area (Å²) in [7, 11) is 0. The summed E-state index contributed by atoms with van der Waals surface area (Å²) in [5.41, 5.74) is 0.667. The standard InChI is InChI=1S/C19H23ClN2O4/c20-14-4-1-2-6-16(14)22-11-3-5-15(18(22)24)21-17(23)12-7-9-13(10-8-12)19(25)26/h1-2,4,6,12-13,15H,3,5,7-11H2,(H,21,23)(H,25,26). The van der Waals surface area contributed by atoms with Crippen LogP contribution in [0.1, 0.15) is 38.5 Å². The number of carboxylic acids is 1. The molecule has 1 unspecified atom stereocenters. The molecule has 1 saturated carbocycles. The Kier molecular flexibility index (Phi) is 5.81. The predicted octanol–water partition coefficient (Wildman–Crippen LogP) is 2.84. The molecule has 2 fully saturated rings. The molecular formula is C19H23ClN2O4. The van der Waals surface area contributed by atoms with Crippen molar-refractivity contribution in [3.05, 3.63) is 29.3 Å². The number of piperidine rings is 1. The molecule has 1 aliphatic heterocycles. The van der Waals surface area contributed by atoms with Gasteiger partial charge in [-0.1, -0.05) is 23.7 Å². The van der Waals surface area contributed by atoms with Crippen molar-refractivity contribution in [3.63, 3.8) is 0 Å². The number of anilines is 1. The van der Waals surface area contributed by atoms with Crippen LogP contribution in [0.25, 0.3) is 0 Å². The molecule has 7 heteroatoms. The van der Waals surface area contributed by atoms with Gasteiger partial charge in [-0.2, -0.15) is 0 Å². The van der Waals surface area contributed by atoms with Gasteiger partial charge >= 0.3 is 5.97 Å². The summed E-state index contributed by atoms with van der Waals surface area (Å²) in [6.45, 7) is 0.582. The summed E-state index contributed by atoms with van der Waals surface area (Å²) < 4.78 is 0. The molecule has 1 heterocycles. The number of carbonyl (C=O) groups is 3. The van der Waals surface area contributed by atoms with E-state index in [-0.39, 0.29) is 23.7 Å². The van der Waals surface area contributed by atoms with E-state index in [1.165, 1.54) is 0 Å². The van der Waals surface area contributed by atoms with Gasteiger partial charge in [0.25, 0.3) is 0 Å². The highest BCUT2D eigenvalue weighted by Crippen LogP contribution is 2.31. The summed E-state index contributed by atoms with van der Waals surface area (Å²) in [6.07, 6.45) is 3.52. The number of hydrogen-bond donors (Lipinski definition) is 2. The van der Waals surface area contributed by atoms with Gasteiger partial charge < -0.3 is 15.3 Å². The number of benzene rings is 1. The number of para-hydroxylation sites is 1. The lowest BCUT2D eigenvalue weighted by atomic mass is 9.81. The molecule has 140 valence electrons. The normalized spacial score (nSPS) is 26.4. The van der Waals surface area contributed by atoms with Gasteiger partial charge in [0.2, 0.25) is 11.8 Å². The molecule has 1 aromatic rings. The highest BCUT2D eigenvalue weighted by atomic mass is 35.5. The second-order valence-corrected chi connectivity index (χ2v) is 7.44. The fourth-order valence-corrected chi connectivity index (χ4v) is 4.05. The second-order valence-electron chi connectivity index (χ2n) is 7.03. The van der Waals surface area contributed by atoms with Crippen LogP contribution in [-0.4, -0.2) is 35.5 Å². The van der Waals surface area contributed by atoms with Crippen LogP contribution in [0.2, 0.25) is 5.02 Å². The molecule has 1 aromatic carbocycles. The molecule has 0 spiro atoms. The lowest BCUT2D eigenvalue weighted by Crippen LogP contribution is -2.53. The van der Waals surface area contributed by atoms with E-state index in [0.29, 0.717) is 49.4 Å². The summed E-state index contributed by atoms with van der Waals surface area (Å²) in [4.78, 5) is 38.0. The van der Waals surface area contributed by atoms with Gasteiger partial charge in [0.05, 0.1) is 16.6 Å². The summed E-state index contributed by atoms with van der Waals surface area (Å²) >= 11 is 6.21. The van der Waals surface area contributed by atoms with Crippen LogP contribution in [0, 0.1) is 11.8 Å². The first-order chi connectivity index (χ1) is 12.5.